The molecular formula is C44H64N10O7. The van der Waals surface area contributed by atoms with Gasteiger partial charge in [-0.3, -0.25) is 24.0 Å². The van der Waals surface area contributed by atoms with E-state index in [1.165, 1.54) is 0 Å². The van der Waals surface area contributed by atoms with Crippen LogP contribution in [0.3, 0.4) is 0 Å². The monoisotopic (exact) mass is 844 g/mol. The van der Waals surface area contributed by atoms with Crippen molar-refractivity contribution in [2.45, 2.75) is 115 Å². The molecule has 2 aromatic heterocycles. The minimum Gasteiger partial charge on any atom is -0.480 e. The van der Waals surface area contributed by atoms with Crippen LogP contribution in [0.2, 0.25) is 0 Å². The number of aromatic amines is 2. The number of aliphatic carboxylic acids is 1. The second-order valence-corrected chi connectivity index (χ2v) is 16.3. The number of hydrogen-bond acceptors (Lipinski definition) is 9. The zero-order valence-electron chi connectivity index (χ0n) is 35.6. The van der Waals surface area contributed by atoms with Gasteiger partial charge in [0, 0.05) is 47.0 Å². The number of hydrogen-bond donors (Lipinski definition) is 11. The first-order chi connectivity index (χ1) is 29.1. The Labute approximate surface area is 356 Å². The summed E-state index contributed by atoms with van der Waals surface area (Å²) in [5.74, 6) is -5.10. The number of carbonyl (C=O) groups is 6. The van der Waals surface area contributed by atoms with E-state index in [-0.39, 0.29) is 31.6 Å². The maximum atomic E-state index is 14.3. The number of carboxylic acids is 1. The molecule has 332 valence electrons. The topological polar surface area (TPSA) is 292 Å². The summed E-state index contributed by atoms with van der Waals surface area (Å²) in [4.78, 5) is 88.2. The van der Waals surface area contributed by atoms with Crippen LogP contribution in [-0.4, -0.2) is 99.9 Å². The number of H-pyrrole nitrogens is 2. The number of benzene rings is 2. The Morgan fingerprint density at radius 3 is 1.46 bits per heavy atom. The summed E-state index contributed by atoms with van der Waals surface area (Å²) in [6, 6.07) is 8.25. The van der Waals surface area contributed by atoms with E-state index in [4.69, 9.17) is 17.2 Å². The molecule has 4 rings (SSSR count). The Balaban J connectivity index is 1.62. The lowest BCUT2D eigenvalue weighted by atomic mass is 9.98. The Hall–Kier alpha value is -5.78. The molecule has 0 aliphatic heterocycles. The Bertz CT molecular complexity index is 2100. The molecule has 2 heterocycles. The number of carboxylic acid groups (broad SMARTS) is 1. The highest BCUT2D eigenvalue weighted by atomic mass is 16.4. The van der Waals surface area contributed by atoms with Gasteiger partial charge in [0.25, 0.3) is 0 Å². The molecule has 0 aliphatic carbocycles. The van der Waals surface area contributed by atoms with Gasteiger partial charge in [0.2, 0.25) is 29.5 Å². The minimum atomic E-state index is -1.25. The molecule has 14 N–H and O–H groups in total. The molecular weight excluding hydrogens is 781 g/mol. The van der Waals surface area contributed by atoms with Crippen molar-refractivity contribution in [2.75, 3.05) is 13.1 Å². The molecule has 0 fully saturated rings. The van der Waals surface area contributed by atoms with E-state index in [9.17, 15) is 33.9 Å². The van der Waals surface area contributed by atoms with Crippen molar-refractivity contribution in [1.82, 2.24) is 36.6 Å². The van der Waals surface area contributed by atoms with Crippen LogP contribution in [0.1, 0.15) is 77.3 Å². The van der Waals surface area contributed by atoms with Gasteiger partial charge >= 0.3 is 5.97 Å². The fraction of sp³-hybridized carbons (Fsp3) is 0.500. The fourth-order valence-electron chi connectivity index (χ4n) is 7.14. The van der Waals surface area contributed by atoms with Gasteiger partial charge in [-0.2, -0.15) is 0 Å². The Kier molecular flexibility index (Phi) is 18.3. The molecule has 0 saturated heterocycles. The average Bonchev–Trinajstić information content (AvgIpc) is 3.84. The summed E-state index contributed by atoms with van der Waals surface area (Å²) in [5.41, 5.74) is 20.6. The van der Waals surface area contributed by atoms with E-state index in [0.717, 1.165) is 27.4 Å². The summed E-state index contributed by atoms with van der Waals surface area (Å²) in [6.45, 7) is 7.80. The van der Waals surface area contributed by atoms with Gasteiger partial charge in [0.1, 0.15) is 30.2 Å². The van der Waals surface area contributed by atoms with Crippen molar-refractivity contribution in [2.24, 2.45) is 29.0 Å². The molecule has 17 heteroatoms. The number of fused-ring (bicyclic) bond motifs is 2. The maximum Gasteiger partial charge on any atom is 0.326 e. The molecule has 0 spiro atoms. The predicted octanol–water partition coefficient (Wildman–Crippen LogP) is 1.84. The summed E-state index contributed by atoms with van der Waals surface area (Å²) >= 11 is 0. The third-order valence-electron chi connectivity index (χ3n) is 10.9. The van der Waals surface area contributed by atoms with Crippen LogP contribution in [0.15, 0.2) is 60.9 Å². The van der Waals surface area contributed by atoms with Crippen LogP contribution in [-0.2, 0) is 41.6 Å². The molecule has 5 amide bonds. The van der Waals surface area contributed by atoms with E-state index in [0.29, 0.717) is 44.3 Å². The normalized spacial score (nSPS) is 14.5. The number of aromatic nitrogens is 2. The zero-order valence-corrected chi connectivity index (χ0v) is 35.6. The van der Waals surface area contributed by atoms with Gasteiger partial charge in [0.15, 0.2) is 0 Å². The Morgan fingerprint density at radius 1 is 0.557 bits per heavy atom. The van der Waals surface area contributed by atoms with Gasteiger partial charge in [0.05, 0.1) is 6.04 Å². The smallest absolute Gasteiger partial charge is 0.326 e. The Morgan fingerprint density at radius 2 is 0.984 bits per heavy atom. The predicted molar refractivity (Wildman–Crippen MR) is 235 cm³/mol. The van der Waals surface area contributed by atoms with Crippen LogP contribution in [0.4, 0.5) is 0 Å². The molecule has 0 unspecified atom stereocenters. The molecule has 17 nitrogen and oxygen atoms in total. The highest BCUT2D eigenvalue weighted by molar-refractivity contribution is 5.97. The van der Waals surface area contributed by atoms with Crippen LogP contribution < -0.4 is 43.8 Å². The quantitative estimate of drug-likeness (QED) is 0.0431. The summed E-state index contributed by atoms with van der Waals surface area (Å²) in [5, 5.41) is 25.4. The van der Waals surface area contributed by atoms with Crippen LogP contribution >= 0.6 is 0 Å². The van der Waals surface area contributed by atoms with Crippen molar-refractivity contribution in [3.05, 3.63) is 72.1 Å². The molecule has 0 saturated carbocycles. The number of para-hydroxylation sites is 2. The van der Waals surface area contributed by atoms with Crippen LogP contribution in [0.25, 0.3) is 21.8 Å². The summed E-state index contributed by atoms with van der Waals surface area (Å²) < 4.78 is 0. The van der Waals surface area contributed by atoms with Crippen molar-refractivity contribution >= 4 is 57.3 Å². The maximum absolute atomic E-state index is 14.3. The molecule has 61 heavy (non-hydrogen) atoms. The molecule has 0 radical (unpaired) electrons. The number of nitrogens with one attached hydrogen (secondary N) is 7. The van der Waals surface area contributed by atoms with Gasteiger partial charge in [-0.15, -0.1) is 0 Å². The first-order valence-electron chi connectivity index (χ1n) is 21.1. The van der Waals surface area contributed by atoms with Crippen LogP contribution in [0.5, 0.6) is 0 Å². The summed E-state index contributed by atoms with van der Waals surface area (Å²) in [7, 11) is 0. The fourth-order valence-corrected chi connectivity index (χ4v) is 7.14. The van der Waals surface area contributed by atoms with Gasteiger partial charge in [-0.1, -0.05) is 64.1 Å². The van der Waals surface area contributed by atoms with Gasteiger partial charge in [-0.25, -0.2) is 4.79 Å². The lowest BCUT2D eigenvalue weighted by molar-refractivity contribution is -0.142. The SMILES string of the molecule is CC(C)[C@H](N)C(=O)N[C@@H](Cc1c[nH]c2ccccc12)C(=O)N[C@H](C(=O)N[C@@H](Cc1c[nH]c2ccccc12)C(=O)N[C@@H](CCCCN)C(=O)N[C@@H](CCCCN)C(=O)O)C(C)C. The second kappa shape index (κ2) is 23.3. The average molecular weight is 845 g/mol. The van der Waals surface area contributed by atoms with Crippen molar-refractivity contribution in [3.63, 3.8) is 0 Å². The largest absolute Gasteiger partial charge is 0.480 e. The van der Waals surface area contributed by atoms with E-state index in [2.05, 4.69) is 36.6 Å². The lowest BCUT2D eigenvalue weighted by Crippen LogP contribution is -2.61. The van der Waals surface area contributed by atoms with E-state index in [1.807, 2.05) is 48.5 Å². The zero-order chi connectivity index (χ0) is 44.6. The molecule has 0 bridgehead atoms. The van der Waals surface area contributed by atoms with E-state index in [1.54, 1.807) is 40.1 Å². The third-order valence-corrected chi connectivity index (χ3v) is 10.9. The van der Waals surface area contributed by atoms with Crippen molar-refractivity contribution < 1.29 is 33.9 Å². The third kappa shape index (κ3) is 13.6. The highest BCUT2D eigenvalue weighted by Crippen LogP contribution is 2.21. The number of carbonyl (C=O) groups excluding carboxylic acids is 5. The van der Waals surface area contributed by atoms with E-state index >= 15 is 0 Å². The first kappa shape index (κ1) is 47.9. The number of nitrogens with two attached hydrogens (primary N) is 3. The van der Waals surface area contributed by atoms with Crippen molar-refractivity contribution in [1.29, 1.82) is 0 Å². The minimum absolute atomic E-state index is 0.000658. The van der Waals surface area contributed by atoms with Crippen LogP contribution in [0, 0.1) is 11.8 Å². The lowest BCUT2D eigenvalue weighted by Gasteiger charge is -2.29. The standard InChI is InChI=1S/C44H64N10O7/c1-25(2)37(47)42(58)52-36(22-28-24-49-32-16-8-6-14-30(28)32)41(57)54-38(26(3)4)43(59)53-35(21-27-23-48-31-15-7-5-13-29(27)31)40(56)50-33(17-9-11-19-45)39(55)51-34(44(60)61)18-10-12-20-46/h5-8,13-16,23-26,33-38,48-49H,9-12,17-22,45-47H2,1-4H3,(H,50,56)(H,51,55)(H,52,58)(H,53,59)(H,54,57)(H,60,61)/t33-,34-,35-,36-,37-,38-/m0/s1. The van der Waals surface area contributed by atoms with Gasteiger partial charge in [-0.05, 0) is 86.7 Å². The number of unbranched alkanes of at least 4 members (excludes halogenated alkanes) is 2. The molecule has 0 aliphatic rings. The van der Waals surface area contributed by atoms with Gasteiger partial charge < -0.3 is 58.9 Å². The summed E-state index contributed by atoms with van der Waals surface area (Å²) in [6.07, 6.45) is 5.98. The first-order valence-corrected chi connectivity index (χ1v) is 21.1. The number of amides is 5. The molecule has 4 aromatic rings. The highest BCUT2D eigenvalue weighted by Gasteiger charge is 2.35. The van der Waals surface area contributed by atoms with E-state index < -0.39 is 77.7 Å². The number of rotatable bonds is 25. The second-order valence-electron chi connectivity index (χ2n) is 16.3. The molecule has 2 aromatic carbocycles. The molecule has 6 atom stereocenters. The van der Waals surface area contributed by atoms with Crippen molar-refractivity contribution in [3.8, 4) is 0 Å².